The second-order valence-electron chi connectivity index (χ2n) is 6.97. The van der Waals surface area contributed by atoms with E-state index in [4.69, 9.17) is 0 Å². The Balaban J connectivity index is 1.90. The van der Waals surface area contributed by atoms with Gasteiger partial charge in [-0.1, -0.05) is 0 Å². The van der Waals surface area contributed by atoms with Crippen LogP contribution in [0.4, 0.5) is 4.79 Å². The fraction of sp³-hybridized carbons (Fsp3) is 0.812. The van der Waals surface area contributed by atoms with Gasteiger partial charge in [-0.05, 0) is 32.6 Å². The van der Waals surface area contributed by atoms with Gasteiger partial charge < -0.3 is 14.7 Å². The highest BCUT2D eigenvalue weighted by Gasteiger charge is 2.37. The standard InChI is InChI=1S/C16H26N4O2/c1-16(11-17)7-4-8-20(12-16)14(21)13-5-9-19(10-6-13)15(22)18(2)3/h13H,4-10,12H2,1-3H3. The number of nitriles is 1. The lowest BCUT2D eigenvalue weighted by molar-refractivity contribution is -0.139. The molecule has 6 nitrogen and oxygen atoms in total. The van der Waals surface area contributed by atoms with E-state index >= 15 is 0 Å². The minimum Gasteiger partial charge on any atom is -0.341 e. The zero-order valence-electron chi connectivity index (χ0n) is 13.8. The fourth-order valence-electron chi connectivity index (χ4n) is 3.38. The first-order valence-corrected chi connectivity index (χ1v) is 8.02. The van der Waals surface area contributed by atoms with E-state index in [2.05, 4.69) is 6.07 Å². The molecule has 0 N–H and O–H groups in total. The molecule has 0 aliphatic carbocycles. The van der Waals surface area contributed by atoms with Gasteiger partial charge >= 0.3 is 6.03 Å². The fourth-order valence-corrected chi connectivity index (χ4v) is 3.38. The summed E-state index contributed by atoms with van der Waals surface area (Å²) in [5, 5.41) is 9.27. The van der Waals surface area contributed by atoms with Crippen LogP contribution in [0.1, 0.15) is 32.6 Å². The summed E-state index contributed by atoms with van der Waals surface area (Å²) >= 11 is 0. The third-order valence-corrected chi connectivity index (χ3v) is 4.78. The van der Waals surface area contributed by atoms with Crippen molar-refractivity contribution in [2.24, 2.45) is 11.3 Å². The molecule has 122 valence electrons. The van der Waals surface area contributed by atoms with Gasteiger partial charge in [0.25, 0.3) is 0 Å². The molecule has 6 heteroatoms. The molecular formula is C16H26N4O2. The van der Waals surface area contributed by atoms with Crippen molar-refractivity contribution >= 4 is 11.9 Å². The highest BCUT2D eigenvalue weighted by atomic mass is 16.2. The Bertz CT molecular complexity index is 477. The minimum absolute atomic E-state index is 0.00717. The molecule has 2 saturated heterocycles. The number of urea groups is 1. The van der Waals surface area contributed by atoms with E-state index in [1.807, 2.05) is 11.8 Å². The topological polar surface area (TPSA) is 67.7 Å². The van der Waals surface area contributed by atoms with Gasteiger partial charge in [-0.25, -0.2) is 4.79 Å². The molecule has 22 heavy (non-hydrogen) atoms. The van der Waals surface area contributed by atoms with Crippen LogP contribution in [0.25, 0.3) is 0 Å². The number of hydrogen-bond acceptors (Lipinski definition) is 3. The summed E-state index contributed by atoms with van der Waals surface area (Å²) in [7, 11) is 3.49. The van der Waals surface area contributed by atoms with Crippen molar-refractivity contribution < 1.29 is 9.59 Å². The number of hydrogen-bond donors (Lipinski definition) is 0. The van der Waals surface area contributed by atoms with Crippen LogP contribution >= 0.6 is 0 Å². The Kier molecular flexibility index (Phi) is 4.94. The number of carbonyl (C=O) groups excluding carboxylic acids is 2. The summed E-state index contributed by atoms with van der Waals surface area (Å²) in [6, 6.07) is 2.36. The van der Waals surface area contributed by atoms with E-state index in [1.54, 1.807) is 23.9 Å². The third-order valence-electron chi connectivity index (χ3n) is 4.78. The number of carbonyl (C=O) groups is 2. The zero-order chi connectivity index (χ0) is 16.3. The van der Waals surface area contributed by atoms with Crippen LogP contribution in [-0.4, -0.2) is 66.9 Å². The molecule has 0 radical (unpaired) electrons. The van der Waals surface area contributed by atoms with Crippen molar-refractivity contribution in [3.8, 4) is 6.07 Å². The Morgan fingerprint density at radius 2 is 1.82 bits per heavy atom. The predicted octanol–water partition coefficient (Wildman–Crippen LogP) is 1.53. The Morgan fingerprint density at radius 1 is 1.18 bits per heavy atom. The summed E-state index contributed by atoms with van der Waals surface area (Å²) in [6.07, 6.45) is 3.20. The lowest BCUT2D eigenvalue weighted by Gasteiger charge is -2.40. The lowest BCUT2D eigenvalue weighted by atomic mass is 9.82. The highest BCUT2D eigenvalue weighted by molar-refractivity contribution is 5.80. The van der Waals surface area contributed by atoms with Gasteiger partial charge in [0, 0.05) is 46.2 Å². The largest absolute Gasteiger partial charge is 0.341 e. The van der Waals surface area contributed by atoms with Crippen LogP contribution in [0.5, 0.6) is 0 Å². The molecule has 2 fully saturated rings. The van der Waals surface area contributed by atoms with E-state index in [0.717, 1.165) is 32.2 Å². The number of piperidine rings is 2. The molecular weight excluding hydrogens is 280 g/mol. The summed E-state index contributed by atoms with van der Waals surface area (Å²) < 4.78 is 0. The van der Waals surface area contributed by atoms with Crippen LogP contribution in [-0.2, 0) is 4.79 Å². The second kappa shape index (κ2) is 6.55. The quantitative estimate of drug-likeness (QED) is 0.738. The van der Waals surface area contributed by atoms with Crippen LogP contribution in [0, 0.1) is 22.7 Å². The van der Waals surface area contributed by atoms with E-state index in [9.17, 15) is 14.9 Å². The lowest BCUT2D eigenvalue weighted by Crippen LogP contribution is -2.50. The first-order valence-electron chi connectivity index (χ1n) is 8.02. The second-order valence-corrected chi connectivity index (χ2v) is 6.97. The summed E-state index contributed by atoms with van der Waals surface area (Å²) in [5.41, 5.74) is -0.407. The molecule has 0 aromatic rings. The third kappa shape index (κ3) is 3.52. The maximum atomic E-state index is 12.7. The van der Waals surface area contributed by atoms with Crippen molar-refractivity contribution in [3.63, 3.8) is 0 Å². The van der Waals surface area contributed by atoms with E-state index < -0.39 is 5.41 Å². The highest BCUT2D eigenvalue weighted by Crippen LogP contribution is 2.30. The normalized spacial score (nSPS) is 26.5. The van der Waals surface area contributed by atoms with Crippen molar-refractivity contribution in [2.75, 3.05) is 40.3 Å². The molecule has 0 saturated carbocycles. The Morgan fingerprint density at radius 3 is 2.36 bits per heavy atom. The molecule has 0 aromatic heterocycles. The number of likely N-dealkylation sites (tertiary alicyclic amines) is 2. The van der Waals surface area contributed by atoms with E-state index in [0.29, 0.717) is 19.6 Å². The van der Waals surface area contributed by atoms with Gasteiger partial charge in [0.05, 0.1) is 11.5 Å². The maximum absolute atomic E-state index is 12.7. The summed E-state index contributed by atoms with van der Waals surface area (Å²) in [6.45, 7) is 4.50. The van der Waals surface area contributed by atoms with Crippen LogP contribution in [0.3, 0.4) is 0 Å². The van der Waals surface area contributed by atoms with Gasteiger partial charge in [-0.15, -0.1) is 0 Å². The molecule has 2 rings (SSSR count). The van der Waals surface area contributed by atoms with Crippen LogP contribution in [0.15, 0.2) is 0 Å². The summed E-state index contributed by atoms with van der Waals surface area (Å²) in [4.78, 5) is 29.8. The van der Waals surface area contributed by atoms with Crippen LogP contribution < -0.4 is 0 Å². The van der Waals surface area contributed by atoms with Gasteiger partial charge in [0.15, 0.2) is 0 Å². The number of amides is 3. The molecule has 0 bridgehead atoms. The number of nitrogens with zero attached hydrogens (tertiary/aromatic N) is 4. The van der Waals surface area contributed by atoms with E-state index in [-0.39, 0.29) is 17.9 Å². The average molecular weight is 306 g/mol. The molecule has 2 heterocycles. The average Bonchev–Trinajstić information content (AvgIpc) is 2.53. The summed E-state index contributed by atoms with van der Waals surface area (Å²) in [5.74, 6) is 0.158. The van der Waals surface area contributed by atoms with Crippen molar-refractivity contribution in [1.82, 2.24) is 14.7 Å². The van der Waals surface area contributed by atoms with Crippen molar-refractivity contribution in [3.05, 3.63) is 0 Å². The van der Waals surface area contributed by atoms with Crippen molar-refractivity contribution in [1.29, 1.82) is 5.26 Å². The Labute approximate surface area is 132 Å². The Hall–Kier alpha value is -1.77. The molecule has 3 amide bonds. The van der Waals surface area contributed by atoms with Gasteiger partial charge in [0.2, 0.25) is 5.91 Å². The van der Waals surface area contributed by atoms with Gasteiger partial charge in [-0.2, -0.15) is 5.26 Å². The first-order chi connectivity index (χ1) is 10.4. The van der Waals surface area contributed by atoms with Gasteiger partial charge in [0.1, 0.15) is 0 Å². The predicted molar refractivity (Wildman–Crippen MR) is 82.9 cm³/mol. The van der Waals surface area contributed by atoms with Gasteiger partial charge in [-0.3, -0.25) is 4.79 Å². The monoisotopic (exact) mass is 306 g/mol. The SMILES string of the molecule is CN(C)C(=O)N1CCC(C(=O)N2CCCC(C)(C#N)C2)CC1. The van der Waals surface area contributed by atoms with Crippen LogP contribution in [0.2, 0.25) is 0 Å². The smallest absolute Gasteiger partial charge is 0.319 e. The number of rotatable bonds is 1. The molecule has 1 unspecified atom stereocenters. The molecule has 1 atom stereocenters. The first kappa shape index (κ1) is 16.6. The minimum atomic E-state index is -0.407. The van der Waals surface area contributed by atoms with Crippen molar-refractivity contribution in [2.45, 2.75) is 32.6 Å². The molecule has 0 aromatic carbocycles. The molecule has 2 aliphatic rings. The molecule has 2 aliphatic heterocycles. The molecule has 0 spiro atoms. The zero-order valence-corrected chi connectivity index (χ0v) is 13.8. The maximum Gasteiger partial charge on any atom is 0.319 e. The van der Waals surface area contributed by atoms with E-state index in [1.165, 1.54) is 0 Å².